The van der Waals surface area contributed by atoms with E-state index in [1.54, 1.807) is 0 Å². The molecule has 0 bridgehead atoms. The van der Waals surface area contributed by atoms with Crippen molar-refractivity contribution in [1.29, 1.82) is 0 Å². The average molecular weight is 453 g/mol. The van der Waals surface area contributed by atoms with Gasteiger partial charge in [-0.25, -0.2) is 15.1 Å². The first-order valence-corrected chi connectivity index (χ1v) is 11.3. The number of nitrogens with one attached hydrogen (secondary N) is 2. The third-order valence-corrected chi connectivity index (χ3v) is 6.37. The van der Waals surface area contributed by atoms with Gasteiger partial charge in [0, 0.05) is 12.0 Å². The number of hydrogen-bond donors (Lipinski definition) is 3. The number of amides is 2. The molecule has 2 aromatic carbocycles. The van der Waals surface area contributed by atoms with Crippen LogP contribution in [0, 0.1) is 5.92 Å². The van der Waals surface area contributed by atoms with Crippen molar-refractivity contribution in [3.63, 3.8) is 0 Å². The number of hydroxylamine groups is 1. The van der Waals surface area contributed by atoms with Gasteiger partial charge in [0.15, 0.2) is 6.61 Å². The Bertz CT molecular complexity index is 978. The third-order valence-electron chi connectivity index (χ3n) is 6.37. The van der Waals surface area contributed by atoms with Gasteiger partial charge in [0.25, 0.3) is 0 Å². The molecule has 0 saturated heterocycles. The Kier molecular flexibility index (Phi) is 7.24. The minimum Gasteiger partial charge on any atom is -0.479 e. The summed E-state index contributed by atoms with van der Waals surface area (Å²) in [4.78, 5) is 40.6. The molecule has 0 heterocycles. The van der Waals surface area contributed by atoms with Gasteiger partial charge >= 0.3 is 12.1 Å². The molecule has 0 aromatic heterocycles. The normalized spacial score (nSPS) is 19.6. The Labute approximate surface area is 192 Å². The first kappa shape index (κ1) is 22.8. The second kappa shape index (κ2) is 10.5. The molecule has 8 nitrogen and oxygen atoms in total. The van der Waals surface area contributed by atoms with Gasteiger partial charge in [-0.2, -0.15) is 0 Å². The van der Waals surface area contributed by atoms with Crippen molar-refractivity contribution in [2.75, 3.05) is 13.2 Å². The summed E-state index contributed by atoms with van der Waals surface area (Å²) in [6, 6.07) is 15.8. The Morgan fingerprint density at radius 1 is 0.909 bits per heavy atom. The molecule has 33 heavy (non-hydrogen) atoms. The molecule has 2 aliphatic rings. The van der Waals surface area contributed by atoms with E-state index in [4.69, 9.17) is 14.7 Å². The lowest BCUT2D eigenvalue weighted by molar-refractivity contribution is -0.151. The van der Waals surface area contributed by atoms with Crippen molar-refractivity contribution in [2.45, 2.75) is 44.1 Å². The lowest BCUT2D eigenvalue weighted by Gasteiger charge is -2.25. The van der Waals surface area contributed by atoms with Crippen LogP contribution in [0.3, 0.4) is 0 Å². The number of carbonyl (C=O) groups is 3. The van der Waals surface area contributed by atoms with Gasteiger partial charge in [-0.3, -0.25) is 9.63 Å². The third kappa shape index (κ3) is 5.34. The zero-order valence-electron chi connectivity index (χ0n) is 18.3. The van der Waals surface area contributed by atoms with E-state index < -0.39 is 36.5 Å². The average Bonchev–Trinajstić information content (AvgIpc) is 2.94. The van der Waals surface area contributed by atoms with Crippen molar-refractivity contribution in [1.82, 2.24) is 10.8 Å². The first-order chi connectivity index (χ1) is 16.0. The summed E-state index contributed by atoms with van der Waals surface area (Å²) in [7, 11) is 0. The lowest BCUT2D eigenvalue weighted by atomic mass is 9.94. The lowest BCUT2D eigenvalue weighted by Crippen LogP contribution is -2.47. The van der Waals surface area contributed by atoms with Gasteiger partial charge in [0.1, 0.15) is 6.61 Å². The molecule has 2 amide bonds. The van der Waals surface area contributed by atoms with Gasteiger partial charge in [-0.05, 0) is 35.1 Å². The van der Waals surface area contributed by atoms with Crippen molar-refractivity contribution < 1.29 is 29.1 Å². The van der Waals surface area contributed by atoms with Crippen LogP contribution < -0.4 is 10.8 Å². The number of aliphatic carboxylic acids is 1. The highest BCUT2D eigenvalue weighted by Gasteiger charge is 2.33. The molecule has 4 rings (SSSR count). The number of carbonyl (C=O) groups excluding carboxylic acids is 2. The highest BCUT2D eigenvalue weighted by Crippen LogP contribution is 2.44. The topological polar surface area (TPSA) is 114 Å². The molecule has 1 fully saturated rings. The van der Waals surface area contributed by atoms with Gasteiger partial charge < -0.3 is 15.2 Å². The molecule has 2 aliphatic carbocycles. The molecule has 3 N–H and O–H groups in total. The van der Waals surface area contributed by atoms with Crippen molar-refractivity contribution in [2.24, 2.45) is 5.92 Å². The summed E-state index contributed by atoms with van der Waals surface area (Å²) < 4.78 is 5.63. The first-order valence-electron chi connectivity index (χ1n) is 11.3. The number of alkyl carbamates (subject to hydrolysis) is 1. The quantitative estimate of drug-likeness (QED) is 0.437. The van der Waals surface area contributed by atoms with Crippen LogP contribution in [0.1, 0.15) is 49.1 Å². The van der Waals surface area contributed by atoms with E-state index in [2.05, 4.69) is 35.1 Å². The largest absolute Gasteiger partial charge is 0.479 e. The van der Waals surface area contributed by atoms with Crippen LogP contribution in [-0.4, -0.2) is 42.3 Å². The van der Waals surface area contributed by atoms with Crippen molar-refractivity contribution in [3.05, 3.63) is 59.7 Å². The zero-order chi connectivity index (χ0) is 23.2. The monoisotopic (exact) mass is 452 g/mol. The second-order valence-electron chi connectivity index (χ2n) is 8.47. The summed E-state index contributed by atoms with van der Waals surface area (Å²) in [5, 5.41) is 11.5. The predicted octanol–water partition coefficient (Wildman–Crippen LogP) is 3.61. The van der Waals surface area contributed by atoms with Crippen molar-refractivity contribution in [3.8, 4) is 11.1 Å². The molecule has 174 valence electrons. The summed E-state index contributed by atoms with van der Waals surface area (Å²) in [5.74, 6) is -2.16. The molecule has 0 unspecified atom stereocenters. The maximum Gasteiger partial charge on any atom is 0.407 e. The van der Waals surface area contributed by atoms with Crippen LogP contribution >= 0.6 is 0 Å². The highest BCUT2D eigenvalue weighted by atomic mass is 16.7. The molecule has 8 heteroatoms. The van der Waals surface area contributed by atoms with Crippen LogP contribution in [0.4, 0.5) is 4.79 Å². The number of carboxylic acids is 1. The fraction of sp³-hybridized carbons (Fsp3) is 0.400. The van der Waals surface area contributed by atoms with E-state index >= 15 is 0 Å². The maximum atomic E-state index is 12.7. The number of rotatable bonds is 7. The Balaban J connectivity index is 1.38. The fourth-order valence-electron chi connectivity index (χ4n) is 4.83. The summed E-state index contributed by atoms with van der Waals surface area (Å²) >= 11 is 0. The summed E-state index contributed by atoms with van der Waals surface area (Å²) in [6.07, 6.45) is 3.35. The van der Waals surface area contributed by atoms with Crippen molar-refractivity contribution >= 4 is 18.0 Å². The minimum atomic E-state index is -1.18. The molecule has 0 aliphatic heterocycles. The molecule has 2 atom stereocenters. The molecule has 2 aromatic rings. The number of hydrogen-bond acceptors (Lipinski definition) is 5. The number of benzene rings is 2. The van der Waals surface area contributed by atoms with Crippen LogP contribution in [0.5, 0.6) is 0 Å². The second-order valence-corrected chi connectivity index (χ2v) is 8.47. The van der Waals surface area contributed by atoms with Crippen LogP contribution in [0.25, 0.3) is 11.1 Å². The highest BCUT2D eigenvalue weighted by molar-refractivity contribution is 5.80. The van der Waals surface area contributed by atoms with Gasteiger partial charge in [-0.1, -0.05) is 67.8 Å². The fourth-order valence-corrected chi connectivity index (χ4v) is 4.83. The van der Waals surface area contributed by atoms with Gasteiger partial charge in [0.05, 0.1) is 5.92 Å². The Morgan fingerprint density at radius 2 is 1.55 bits per heavy atom. The SMILES string of the molecule is O=C(O)CONC(=O)[C@@H]1CCCCC[C@@H]1NC(=O)OCC1c2ccccc2-c2ccccc21. The van der Waals surface area contributed by atoms with Crippen LogP contribution in [0.15, 0.2) is 48.5 Å². The summed E-state index contributed by atoms with van der Waals surface area (Å²) in [6.45, 7) is -0.423. The van der Waals surface area contributed by atoms with E-state index in [0.717, 1.165) is 41.5 Å². The van der Waals surface area contributed by atoms with Crippen LogP contribution in [0.2, 0.25) is 0 Å². The smallest absolute Gasteiger partial charge is 0.407 e. The Hall–Kier alpha value is -3.39. The van der Waals surface area contributed by atoms with Crippen LogP contribution in [-0.2, 0) is 19.2 Å². The molecular formula is C25H28N2O6. The van der Waals surface area contributed by atoms with Gasteiger partial charge in [-0.15, -0.1) is 0 Å². The summed E-state index contributed by atoms with van der Waals surface area (Å²) in [5.41, 5.74) is 6.78. The molecule has 1 saturated carbocycles. The number of ether oxygens (including phenoxy) is 1. The minimum absolute atomic E-state index is 0.0409. The van der Waals surface area contributed by atoms with E-state index in [9.17, 15) is 14.4 Å². The number of carboxylic acid groups (broad SMARTS) is 1. The molecule has 0 radical (unpaired) electrons. The van der Waals surface area contributed by atoms with E-state index in [-0.39, 0.29) is 12.5 Å². The maximum absolute atomic E-state index is 12.7. The van der Waals surface area contributed by atoms with E-state index in [0.29, 0.717) is 12.8 Å². The zero-order valence-corrected chi connectivity index (χ0v) is 18.3. The predicted molar refractivity (Wildman–Crippen MR) is 120 cm³/mol. The Morgan fingerprint density at radius 3 is 2.21 bits per heavy atom. The van der Waals surface area contributed by atoms with Gasteiger partial charge in [0.2, 0.25) is 5.91 Å². The molecular weight excluding hydrogens is 424 g/mol. The van der Waals surface area contributed by atoms with E-state index in [1.807, 2.05) is 24.3 Å². The number of fused-ring (bicyclic) bond motifs is 3. The van der Waals surface area contributed by atoms with E-state index in [1.165, 1.54) is 0 Å². The standard InChI is InChI=1S/C25H28N2O6/c28-23(29)15-33-27-24(30)20-12-2-1-3-13-22(20)26-25(31)32-14-21-18-10-6-4-8-16(18)17-9-5-7-11-19(17)21/h4-11,20-22H,1-3,12-15H2,(H,26,31)(H,27,30)(H,28,29)/t20-,22+/m1/s1. The molecule has 0 spiro atoms.